The molecular weight excluding hydrogens is 408 g/mol. The average Bonchev–Trinajstić information content (AvgIpc) is 2.79. The molecule has 1 N–H and O–H groups in total. The third-order valence-electron chi connectivity index (χ3n) is 6.26. The van der Waals surface area contributed by atoms with Crippen LogP contribution in [-0.2, 0) is 10.3 Å². The van der Waals surface area contributed by atoms with Gasteiger partial charge in [-0.1, -0.05) is 30.3 Å². The maximum absolute atomic E-state index is 13.3. The Hall–Kier alpha value is -2.87. The van der Waals surface area contributed by atoms with Gasteiger partial charge in [0.2, 0.25) is 5.95 Å². The fraction of sp³-hybridized carbons (Fsp3) is 0.542. The Labute approximate surface area is 189 Å². The molecule has 2 aliphatic rings. The number of anilines is 1. The monoisotopic (exact) mass is 440 g/mol. The average molecular weight is 441 g/mol. The molecular formula is C24H32N4O4. The van der Waals surface area contributed by atoms with Gasteiger partial charge in [-0.15, -0.1) is 0 Å². The first-order chi connectivity index (χ1) is 15.3. The van der Waals surface area contributed by atoms with Crippen LogP contribution in [0.25, 0.3) is 0 Å². The molecule has 1 aromatic heterocycles. The summed E-state index contributed by atoms with van der Waals surface area (Å²) in [6, 6.07) is 9.79. The number of aromatic nitrogens is 2. The second kappa shape index (κ2) is 8.94. The van der Waals surface area contributed by atoms with E-state index in [4.69, 9.17) is 9.47 Å². The predicted octanol–water partition coefficient (Wildman–Crippen LogP) is 3.35. The van der Waals surface area contributed by atoms with Crippen LogP contribution in [0.3, 0.4) is 0 Å². The topological polar surface area (TPSA) is 88.0 Å². The number of ether oxygens (including phenoxy) is 2. The summed E-state index contributed by atoms with van der Waals surface area (Å²) in [4.78, 5) is 26.0. The predicted molar refractivity (Wildman–Crippen MR) is 121 cm³/mol. The Bertz CT molecular complexity index is 916. The highest BCUT2D eigenvalue weighted by Crippen LogP contribution is 2.41. The van der Waals surface area contributed by atoms with Crippen molar-refractivity contribution in [1.29, 1.82) is 0 Å². The number of piperidine rings is 1. The van der Waals surface area contributed by atoms with Crippen LogP contribution in [0.15, 0.2) is 42.7 Å². The van der Waals surface area contributed by atoms with Gasteiger partial charge in [-0.05, 0) is 32.3 Å². The van der Waals surface area contributed by atoms with Crippen LogP contribution in [0.2, 0.25) is 0 Å². The SMILES string of the molecule is COc1cnc(N2CCCC(N3CCC(CC(C)(C)O)(c4ccccc4)OC3=O)C2)nc1. The molecule has 3 heterocycles. The lowest BCUT2D eigenvalue weighted by Gasteiger charge is -2.47. The molecule has 2 fully saturated rings. The van der Waals surface area contributed by atoms with E-state index in [1.165, 1.54) is 0 Å². The molecule has 0 saturated carbocycles. The van der Waals surface area contributed by atoms with Crippen LogP contribution >= 0.6 is 0 Å². The highest BCUT2D eigenvalue weighted by Gasteiger charge is 2.47. The molecule has 2 unspecified atom stereocenters. The van der Waals surface area contributed by atoms with Crippen molar-refractivity contribution in [2.75, 3.05) is 31.6 Å². The minimum absolute atomic E-state index is 0.0258. The van der Waals surface area contributed by atoms with Gasteiger partial charge >= 0.3 is 6.09 Å². The van der Waals surface area contributed by atoms with Crippen LogP contribution in [0.4, 0.5) is 10.7 Å². The van der Waals surface area contributed by atoms with Gasteiger partial charge in [0.25, 0.3) is 0 Å². The molecule has 2 atom stereocenters. The standard InChI is InChI=1S/C24H32N4O4/c1-23(2,30)17-24(18-8-5-4-6-9-18)11-13-28(22(29)32-24)19-10-7-12-27(16-19)21-25-14-20(31-3)15-26-21/h4-6,8-9,14-15,19,30H,7,10-13,16-17H2,1-3H3. The van der Waals surface area contributed by atoms with Gasteiger partial charge in [0.05, 0.1) is 31.1 Å². The lowest BCUT2D eigenvalue weighted by atomic mass is 9.80. The lowest BCUT2D eigenvalue weighted by molar-refractivity contribution is -0.102. The van der Waals surface area contributed by atoms with Crippen LogP contribution in [-0.4, -0.2) is 64.5 Å². The van der Waals surface area contributed by atoms with Crippen molar-refractivity contribution in [3.05, 3.63) is 48.3 Å². The number of hydrogen-bond donors (Lipinski definition) is 1. The molecule has 4 rings (SSSR count). The number of aliphatic hydroxyl groups is 1. The maximum atomic E-state index is 13.3. The summed E-state index contributed by atoms with van der Waals surface area (Å²) in [6.45, 7) is 5.59. The van der Waals surface area contributed by atoms with Crippen LogP contribution in [0, 0.1) is 0 Å². The molecule has 2 aromatic rings. The van der Waals surface area contributed by atoms with Crippen LogP contribution in [0.1, 0.15) is 45.1 Å². The molecule has 172 valence electrons. The summed E-state index contributed by atoms with van der Waals surface area (Å²) in [5.41, 5.74) is -0.876. The molecule has 32 heavy (non-hydrogen) atoms. The quantitative estimate of drug-likeness (QED) is 0.737. The molecule has 8 nitrogen and oxygen atoms in total. The van der Waals surface area contributed by atoms with Gasteiger partial charge in [0.15, 0.2) is 5.75 Å². The highest BCUT2D eigenvalue weighted by molar-refractivity contribution is 5.70. The van der Waals surface area contributed by atoms with Crippen LogP contribution in [0.5, 0.6) is 5.75 Å². The number of rotatable bonds is 6. The summed E-state index contributed by atoms with van der Waals surface area (Å²) in [7, 11) is 1.59. The van der Waals surface area contributed by atoms with E-state index in [0.717, 1.165) is 24.9 Å². The van der Waals surface area contributed by atoms with Gasteiger partial charge in [0, 0.05) is 32.5 Å². The zero-order chi connectivity index (χ0) is 22.8. The summed E-state index contributed by atoms with van der Waals surface area (Å²) < 4.78 is 11.3. The Morgan fingerprint density at radius 3 is 2.56 bits per heavy atom. The van der Waals surface area contributed by atoms with Gasteiger partial charge in [-0.3, -0.25) is 0 Å². The van der Waals surface area contributed by atoms with Gasteiger partial charge in [-0.2, -0.15) is 0 Å². The smallest absolute Gasteiger partial charge is 0.410 e. The zero-order valence-corrected chi connectivity index (χ0v) is 19.0. The van der Waals surface area contributed by atoms with E-state index >= 15 is 0 Å². The van der Waals surface area contributed by atoms with E-state index in [2.05, 4.69) is 14.9 Å². The minimum Gasteiger partial charge on any atom is -0.494 e. The second-order valence-electron chi connectivity index (χ2n) is 9.33. The van der Waals surface area contributed by atoms with Crippen molar-refractivity contribution in [1.82, 2.24) is 14.9 Å². The first-order valence-electron chi connectivity index (χ1n) is 11.2. The largest absolute Gasteiger partial charge is 0.494 e. The number of cyclic esters (lactones) is 1. The molecule has 1 amide bonds. The molecule has 0 aliphatic carbocycles. The Kier molecular flexibility index (Phi) is 6.24. The molecule has 0 radical (unpaired) electrons. The summed E-state index contributed by atoms with van der Waals surface area (Å²) in [5, 5.41) is 10.6. The summed E-state index contributed by atoms with van der Waals surface area (Å²) >= 11 is 0. The second-order valence-corrected chi connectivity index (χ2v) is 9.33. The van der Waals surface area contributed by atoms with E-state index in [1.807, 2.05) is 35.2 Å². The lowest BCUT2D eigenvalue weighted by Crippen LogP contribution is -2.57. The molecule has 1 aromatic carbocycles. The van der Waals surface area contributed by atoms with E-state index in [-0.39, 0.29) is 12.1 Å². The molecule has 2 aliphatic heterocycles. The van der Waals surface area contributed by atoms with E-state index in [9.17, 15) is 9.90 Å². The molecule has 8 heteroatoms. The normalized spacial score (nSPS) is 24.2. The first kappa shape index (κ1) is 22.3. The first-order valence-corrected chi connectivity index (χ1v) is 11.2. The Morgan fingerprint density at radius 2 is 1.94 bits per heavy atom. The van der Waals surface area contributed by atoms with E-state index in [0.29, 0.717) is 37.6 Å². The molecule has 0 bridgehead atoms. The Morgan fingerprint density at radius 1 is 1.22 bits per heavy atom. The summed E-state index contributed by atoms with van der Waals surface area (Å²) in [5.74, 6) is 1.26. The van der Waals surface area contributed by atoms with Gasteiger partial charge in [0.1, 0.15) is 5.60 Å². The fourth-order valence-corrected chi connectivity index (χ4v) is 4.84. The number of carbonyl (C=O) groups is 1. The summed E-state index contributed by atoms with van der Waals surface area (Å²) in [6.07, 6.45) is 5.82. The van der Waals surface area contributed by atoms with Crippen molar-refractivity contribution >= 4 is 12.0 Å². The van der Waals surface area contributed by atoms with Crippen molar-refractivity contribution in [3.8, 4) is 5.75 Å². The number of nitrogens with zero attached hydrogens (tertiary/aromatic N) is 4. The Balaban J connectivity index is 1.49. The number of hydrogen-bond acceptors (Lipinski definition) is 7. The third-order valence-corrected chi connectivity index (χ3v) is 6.26. The van der Waals surface area contributed by atoms with Gasteiger partial charge in [-0.25, -0.2) is 14.8 Å². The number of carbonyl (C=O) groups excluding carboxylic acids is 1. The number of methoxy groups -OCH3 is 1. The van der Waals surface area contributed by atoms with Crippen molar-refractivity contribution in [2.45, 2.75) is 56.8 Å². The zero-order valence-electron chi connectivity index (χ0n) is 19.0. The van der Waals surface area contributed by atoms with Crippen molar-refractivity contribution < 1.29 is 19.4 Å². The maximum Gasteiger partial charge on any atom is 0.410 e. The molecule has 0 spiro atoms. The van der Waals surface area contributed by atoms with Crippen LogP contribution < -0.4 is 9.64 Å². The van der Waals surface area contributed by atoms with Crippen molar-refractivity contribution in [2.24, 2.45) is 0 Å². The highest BCUT2D eigenvalue weighted by atomic mass is 16.6. The number of amides is 1. The van der Waals surface area contributed by atoms with Gasteiger partial charge < -0.3 is 24.4 Å². The molecule has 2 saturated heterocycles. The van der Waals surface area contributed by atoms with Crippen molar-refractivity contribution in [3.63, 3.8) is 0 Å². The fourth-order valence-electron chi connectivity index (χ4n) is 4.84. The van der Waals surface area contributed by atoms with E-state index in [1.54, 1.807) is 33.4 Å². The minimum atomic E-state index is -0.967. The third kappa shape index (κ3) is 4.80. The number of benzene rings is 1. The van der Waals surface area contributed by atoms with E-state index < -0.39 is 11.2 Å².